The van der Waals surface area contributed by atoms with Gasteiger partial charge in [0.05, 0.1) is 0 Å². The minimum atomic E-state index is -0.210. The van der Waals surface area contributed by atoms with E-state index in [9.17, 15) is 4.79 Å². The van der Waals surface area contributed by atoms with Gasteiger partial charge in [-0.3, -0.25) is 4.79 Å². The molecule has 4 heteroatoms. The molecule has 1 atom stereocenters. The van der Waals surface area contributed by atoms with Gasteiger partial charge in [0.15, 0.2) is 0 Å². The first-order chi connectivity index (χ1) is 12.3. The number of fused-ring (bicyclic) bond motifs is 1. The number of piperidine rings is 1. The van der Waals surface area contributed by atoms with Crippen LogP contribution in [0.3, 0.4) is 0 Å². The third-order valence-corrected chi connectivity index (χ3v) is 5.16. The fraction of sp³-hybridized carbons (Fsp3) is 0.381. The van der Waals surface area contributed by atoms with Crippen LogP contribution in [-0.4, -0.2) is 25.6 Å². The Balaban J connectivity index is 1.44. The molecule has 0 spiro atoms. The normalized spacial score (nSPS) is 19.2. The van der Waals surface area contributed by atoms with E-state index in [0.717, 1.165) is 24.4 Å². The van der Waals surface area contributed by atoms with Crippen molar-refractivity contribution in [3.8, 4) is 5.75 Å². The Morgan fingerprint density at radius 3 is 2.68 bits per heavy atom. The number of carbonyl (C=O) groups excluding carboxylic acids is 1. The molecule has 0 aromatic heterocycles. The topological polar surface area (TPSA) is 41.6 Å². The molecule has 4 rings (SSSR count). The molecule has 0 aliphatic carbocycles. The third kappa shape index (κ3) is 3.34. The highest BCUT2D eigenvalue weighted by Crippen LogP contribution is 2.33. The van der Waals surface area contributed by atoms with Crippen molar-refractivity contribution in [1.29, 1.82) is 0 Å². The number of carbonyl (C=O) groups is 1. The Morgan fingerprint density at radius 2 is 1.80 bits per heavy atom. The molecule has 2 aliphatic rings. The predicted molar refractivity (Wildman–Crippen MR) is 99.0 cm³/mol. The van der Waals surface area contributed by atoms with Crippen LogP contribution in [0.15, 0.2) is 48.5 Å². The van der Waals surface area contributed by atoms with Gasteiger partial charge in [0.2, 0.25) is 5.91 Å². The summed E-state index contributed by atoms with van der Waals surface area (Å²) in [5, 5.41) is 3.12. The summed E-state index contributed by atoms with van der Waals surface area (Å²) < 4.78 is 5.63. The number of benzene rings is 2. The molecule has 2 aromatic carbocycles. The van der Waals surface area contributed by atoms with E-state index in [0.29, 0.717) is 13.2 Å². The van der Waals surface area contributed by atoms with Gasteiger partial charge >= 0.3 is 0 Å². The van der Waals surface area contributed by atoms with Crippen LogP contribution in [0.5, 0.6) is 5.75 Å². The smallest absolute Gasteiger partial charge is 0.231 e. The molecule has 4 nitrogen and oxygen atoms in total. The maximum Gasteiger partial charge on any atom is 0.231 e. The third-order valence-electron chi connectivity index (χ3n) is 5.16. The van der Waals surface area contributed by atoms with Crippen molar-refractivity contribution >= 4 is 11.6 Å². The molecular formula is C21H24N2O2. The highest BCUT2D eigenvalue weighted by atomic mass is 16.5. The van der Waals surface area contributed by atoms with Crippen LogP contribution in [0.2, 0.25) is 0 Å². The molecule has 1 fully saturated rings. The first-order valence-electron chi connectivity index (χ1n) is 9.15. The summed E-state index contributed by atoms with van der Waals surface area (Å²) in [7, 11) is 0. The Bertz CT molecular complexity index is 753. The Labute approximate surface area is 148 Å². The van der Waals surface area contributed by atoms with Crippen LogP contribution in [0.4, 0.5) is 5.69 Å². The van der Waals surface area contributed by atoms with E-state index in [2.05, 4.69) is 28.4 Å². The largest absolute Gasteiger partial charge is 0.492 e. The van der Waals surface area contributed by atoms with Crippen LogP contribution < -0.4 is 15.0 Å². The standard InChI is InChI=1S/C21H24N2O2/c24-21(18-15-25-20-11-5-3-9-17(18)20)22-14-16-8-2-4-10-19(16)23-12-6-1-7-13-23/h2-5,8-11,18H,1,6-7,12-15H2,(H,22,24). The van der Waals surface area contributed by atoms with Gasteiger partial charge in [-0.25, -0.2) is 0 Å². The average Bonchev–Trinajstić information content (AvgIpc) is 3.11. The van der Waals surface area contributed by atoms with Gasteiger partial charge < -0.3 is 15.0 Å². The van der Waals surface area contributed by atoms with Crippen molar-refractivity contribution in [3.63, 3.8) is 0 Å². The summed E-state index contributed by atoms with van der Waals surface area (Å²) in [6, 6.07) is 16.2. The van der Waals surface area contributed by atoms with E-state index in [1.165, 1.54) is 30.5 Å². The number of anilines is 1. The van der Waals surface area contributed by atoms with Gasteiger partial charge in [0.25, 0.3) is 0 Å². The van der Waals surface area contributed by atoms with Gasteiger partial charge in [-0.05, 0) is 37.0 Å². The zero-order valence-corrected chi connectivity index (χ0v) is 14.4. The number of hydrogen-bond donors (Lipinski definition) is 1. The molecule has 1 saturated heterocycles. The van der Waals surface area contributed by atoms with Gasteiger partial charge in [0, 0.05) is 30.9 Å². The molecule has 25 heavy (non-hydrogen) atoms. The fourth-order valence-corrected chi connectivity index (χ4v) is 3.79. The monoisotopic (exact) mass is 336 g/mol. The van der Waals surface area contributed by atoms with E-state index in [4.69, 9.17) is 4.74 Å². The summed E-state index contributed by atoms with van der Waals surface area (Å²) in [4.78, 5) is 15.1. The number of amides is 1. The number of hydrogen-bond acceptors (Lipinski definition) is 3. The Hall–Kier alpha value is -2.49. The molecule has 2 aliphatic heterocycles. The van der Waals surface area contributed by atoms with E-state index in [1.54, 1.807) is 0 Å². The summed E-state index contributed by atoms with van der Waals surface area (Å²) in [5.41, 5.74) is 3.43. The maximum atomic E-state index is 12.7. The van der Waals surface area contributed by atoms with Crippen LogP contribution >= 0.6 is 0 Å². The van der Waals surface area contributed by atoms with Crippen LogP contribution in [0.25, 0.3) is 0 Å². The Kier molecular flexibility index (Phi) is 4.59. The summed E-state index contributed by atoms with van der Waals surface area (Å²) in [5.74, 6) is 0.660. The second kappa shape index (κ2) is 7.18. The summed E-state index contributed by atoms with van der Waals surface area (Å²) in [6.07, 6.45) is 3.81. The highest BCUT2D eigenvalue weighted by Gasteiger charge is 2.29. The minimum absolute atomic E-state index is 0.0402. The van der Waals surface area contributed by atoms with Crippen LogP contribution in [0.1, 0.15) is 36.3 Å². The van der Waals surface area contributed by atoms with Crippen molar-refractivity contribution in [3.05, 3.63) is 59.7 Å². The number of nitrogens with zero attached hydrogens (tertiary/aromatic N) is 1. The summed E-state index contributed by atoms with van der Waals surface area (Å²) >= 11 is 0. The average molecular weight is 336 g/mol. The molecule has 2 heterocycles. The quantitative estimate of drug-likeness (QED) is 0.929. The van der Waals surface area contributed by atoms with Gasteiger partial charge in [0.1, 0.15) is 18.3 Å². The lowest BCUT2D eigenvalue weighted by atomic mass is 10.0. The number of ether oxygens (including phenoxy) is 1. The lowest BCUT2D eigenvalue weighted by Gasteiger charge is -2.30. The van der Waals surface area contributed by atoms with E-state index in [-0.39, 0.29) is 11.8 Å². The van der Waals surface area contributed by atoms with Crippen molar-refractivity contribution in [1.82, 2.24) is 5.32 Å². The van der Waals surface area contributed by atoms with Crippen LogP contribution in [0, 0.1) is 0 Å². The molecule has 0 saturated carbocycles. The minimum Gasteiger partial charge on any atom is -0.492 e. The zero-order chi connectivity index (χ0) is 17.1. The lowest BCUT2D eigenvalue weighted by molar-refractivity contribution is -0.122. The molecule has 0 radical (unpaired) electrons. The van der Waals surface area contributed by atoms with E-state index < -0.39 is 0 Å². The first kappa shape index (κ1) is 16.0. The molecule has 130 valence electrons. The van der Waals surface area contributed by atoms with Gasteiger partial charge in [-0.1, -0.05) is 36.4 Å². The molecule has 0 bridgehead atoms. The molecular weight excluding hydrogens is 312 g/mol. The second-order valence-electron chi connectivity index (χ2n) is 6.80. The number of nitrogens with one attached hydrogen (secondary N) is 1. The highest BCUT2D eigenvalue weighted by molar-refractivity contribution is 5.85. The number of rotatable bonds is 4. The lowest BCUT2D eigenvalue weighted by Crippen LogP contribution is -2.33. The fourth-order valence-electron chi connectivity index (χ4n) is 3.79. The maximum absolute atomic E-state index is 12.7. The molecule has 1 amide bonds. The molecule has 1 N–H and O–H groups in total. The molecule has 1 unspecified atom stereocenters. The van der Waals surface area contributed by atoms with Crippen molar-refractivity contribution in [2.45, 2.75) is 31.7 Å². The summed E-state index contributed by atoms with van der Waals surface area (Å²) in [6.45, 7) is 3.20. The number of para-hydroxylation sites is 2. The van der Waals surface area contributed by atoms with Gasteiger partial charge in [-0.15, -0.1) is 0 Å². The first-order valence-corrected chi connectivity index (χ1v) is 9.15. The predicted octanol–water partition coefficient (Wildman–Crippen LogP) is 3.47. The van der Waals surface area contributed by atoms with Crippen molar-refractivity contribution < 1.29 is 9.53 Å². The molecule has 2 aromatic rings. The van der Waals surface area contributed by atoms with Crippen molar-refractivity contribution in [2.75, 3.05) is 24.6 Å². The van der Waals surface area contributed by atoms with Crippen LogP contribution in [-0.2, 0) is 11.3 Å². The SMILES string of the molecule is O=C(NCc1ccccc1N1CCCCC1)C1COc2ccccc21. The van der Waals surface area contributed by atoms with E-state index in [1.807, 2.05) is 30.3 Å². The van der Waals surface area contributed by atoms with Crippen molar-refractivity contribution in [2.24, 2.45) is 0 Å². The zero-order valence-electron chi connectivity index (χ0n) is 14.4. The van der Waals surface area contributed by atoms with E-state index >= 15 is 0 Å². The van der Waals surface area contributed by atoms with Gasteiger partial charge in [-0.2, -0.15) is 0 Å². The second-order valence-corrected chi connectivity index (χ2v) is 6.80. The Morgan fingerprint density at radius 1 is 1.04 bits per heavy atom.